The molecule has 4 nitrogen and oxygen atoms in total. The standard InChI is InChI=1S/C4H12N2S2.C3H8O2/c5-1-3-7-8-4-2-6;1-5-3-2-4/h1-6H2;4H,2-3H2,1H3. The first-order chi connectivity index (χ1) is 6.33. The summed E-state index contributed by atoms with van der Waals surface area (Å²) in [6.07, 6.45) is 0. The Morgan fingerprint density at radius 1 is 1.15 bits per heavy atom. The van der Waals surface area contributed by atoms with Gasteiger partial charge in [0, 0.05) is 31.7 Å². The van der Waals surface area contributed by atoms with E-state index in [-0.39, 0.29) is 6.61 Å². The van der Waals surface area contributed by atoms with Gasteiger partial charge in [0.1, 0.15) is 0 Å². The summed E-state index contributed by atoms with van der Waals surface area (Å²) in [5, 5.41) is 7.94. The van der Waals surface area contributed by atoms with Crippen LogP contribution in [0.2, 0.25) is 0 Å². The van der Waals surface area contributed by atoms with Crippen LogP contribution in [0, 0.1) is 0 Å². The SMILES string of the molecule is COCCO.NCCSSCCN. The molecule has 0 unspecified atom stereocenters. The Morgan fingerprint density at radius 3 is 1.77 bits per heavy atom. The van der Waals surface area contributed by atoms with E-state index in [1.807, 2.05) is 0 Å². The third kappa shape index (κ3) is 24.5. The molecule has 6 heteroatoms. The highest BCUT2D eigenvalue weighted by molar-refractivity contribution is 8.76. The zero-order valence-corrected chi connectivity index (χ0v) is 9.70. The molecule has 0 aliphatic heterocycles. The molecule has 0 rings (SSSR count). The third-order valence-electron chi connectivity index (χ3n) is 0.781. The van der Waals surface area contributed by atoms with E-state index in [0.29, 0.717) is 6.61 Å². The first-order valence-electron chi connectivity index (χ1n) is 4.07. The van der Waals surface area contributed by atoms with Crippen molar-refractivity contribution in [2.45, 2.75) is 0 Å². The van der Waals surface area contributed by atoms with E-state index in [2.05, 4.69) is 4.74 Å². The number of aliphatic hydroxyl groups is 1. The molecule has 0 fully saturated rings. The van der Waals surface area contributed by atoms with Gasteiger partial charge in [-0.15, -0.1) is 0 Å². The first-order valence-corrected chi connectivity index (χ1v) is 6.56. The van der Waals surface area contributed by atoms with Gasteiger partial charge < -0.3 is 21.3 Å². The molecule has 0 saturated heterocycles. The highest BCUT2D eigenvalue weighted by Gasteiger charge is 1.84. The molecule has 0 spiro atoms. The monoisotopic (exact) mass is 228 g/mol. The second kappa shape index (κ2) is 18.3. The Labute approximate surface area is 88.2 Å². The molecule has 0 atom stereocenters. The van der Waals surface area contributed by atoms with Gasteiger partial charge in [-0.05, 0) is 0 Å². The Morgan fingerprint density at radius 2 is 1.62 bits per heavy atom. The number of hydrogen-bond acceptors (Lipinski definition) is 6. The quantitative estimate of drug-likeness (QED) is 0.417. The van der Waals surface area contributed by atoms with Crippen LogP contribution >= 0.6 is 21.6 Å². The van der Waals surface area contributed by atoms with Crippen LogP contribution in [0.5, 0.6) is 0 Å². The summed E-state index contributed by atoms with van der Waals surface area (Å²) >= 11 is 0. The fourth-order valence-electron chi connectivity index (χ4n) is 0.305. The summed E-state index contributed by atoms with van der Waals surface area (Å²) in [5.74, 6) is 2.06. The van der Waals surface area contributed by atoms with E-state index in [0.717, 1.165) is 24.6 Å². The molecule has 0 aliphatic carbocycles. The average Bonchev–Trinajstić information content (AvgIpc) is 2.15. The second-order valence-electron chi connectivity index (χ2n) is 1.94. The lowest BCUT2D eigenvalue weighted by Crippen LogP contribution is -2.02. The topological polar surface area (TPSA) is 81.5 Å². The predicted molar refractivity (Wildman–Crippen MR) is 62.0 cm³/mol. The maximum Gasteiger partial charge on any atom is 0.0693 e. The molecular weight excluding hydrogens is 208 g/mol. The molecule has 5 N–H and O–H groups in total. The minimum atomic E-state index is 0.122. The normalized spacial score (nSPS) is 9.23. The lowest BCUT2D eigenvalue weighted by molar-refractivity contribution is 0.135. The molecule has 0 saturated carbocycles. The van der Waals surface area contributed by atoms with Gasteiger partial charge in [0.15, 0.2) is 0 Å². The van der Waals surface area contributed by atoms with E-state index in [1.165, 1.54) is 0 Å². The summed E-state index contributed by atoms with van der Waals surface area (Å²) in [5.41, 5.74) is 10.5. The average molecular weight is 228 g/mol. The summed E-state index contributed by atoms with van der Waals surface area (Å²) in [6.45, 7) is 2.10. The molecule has 0 aliphatic rings. The fraction of sp³-hybridized carbons (Fsp3) is 1.00. The molecule has 0 radical (unpaired) electrons. The van der Waals surface area contributed by atoms with Gasteiger partial charge in [-0.3, -0.25) is 0 Å². The Balaban J connectivity index is 0. The first kappa shape index (κ1) is 16.0. The highest BCUT2D eigenvalue weighted by Crippen LogP contribution is 2.18. The van der Waals surface area contributed by atoms with Gasteiger partial charge in [-0.2, -0.15) is 0 Å². The smallest absolute Gasteiger partial charge is 0.0693 e. The number of rotatable bonds is 7. The zero-order valence-electron chi connectivity index (χ0n) is 8.07. The number of aliphatic hydroxyl groups excluding tert-OH is 1. The van der Waals surface area contributed by atoms with Crippen LogP contribution in [-0.2, 0) is 4.74 Å². The van der Waals surface area contributed by atoms with Crippen LogP contribution in [0.1, 0.15) is 0 Å². The van der Waals surface area contributed by atoms with Crippen LogP contribution < -0.4 is 11.5 Å². The Bertz CT molecular complexity index is 71.5. The Hall–Kier alpha value is 0.540. The van der Waals surface area contributed by atoms with Crippen LogP contribution in [-0.4, -0.2) is 50.0 Å². The largest absolute Gasteiger partial charge is 0.394 e. The van der Waals surface area contributed by atoms with Crippen molar-refractivity contribution in [1.29, 1.82) is 0 Å². The molecule has 0 heterocycles. The van der Waals surface area contributed by atoms with E-state index >= 15 is 0 Å². The minimum Gasteiger partial charge on any atom is -0.394 e. The van der Waals surface area contributed by atoms with Crippen molar-refractivity contribution in [3.05, 3.63) is 0 Å². The van der Waals surface area contributed by atoms with Crippen molar-refractivity contribution in [3.63, 3.8) is 0 Å². The maximum absolute atomic E-state index is 7.94. The van der Waals surface area contributed by atoms with Crippen LogP contribution in [0.15, 0.2) is 0 Å². The van der Waals surface area contributed by atoms with Crippen molar-refractivity contribution in [2.24, 2.45) is 11.5 Å². The van der Waals surface area contributed by atoms with Crippen molar-refractivity contribution in [2.75, 3.05) is 44.9 Å². The van der Waals surface area contributed by atoms with E-state index in [9.17, 15) is 0 Å². The molecular formula is C7H20N2O2S2. The molecule has 0 bridgehead atoms. The van der Waals surface area contributed by atoms with Crippen molar-refractivity contribution < 1.29 is 9.84 Å². The Kier molecular flexibility index (Phi) is 22.6. The van der Waals surface area contributed by atoms with Gasteiger partial charge in [0.2, 0.25) is 0 Å². The number of hydrogen-bond donors (Lipinski definition) is 3. The molecule has 0 aromatic heterocycles. The van der Waals surface area contributed by atoms with Gasteiger partial charge in [-0.1, -0.05) is 21.6 Å². The van der Waals surface area contributed by atoms with E-state index < -0.39 is 0 Å². The van der Waals surface area contributed by atoms with E-state index in [1.54, 1.807) is 28.7 Å². The maximum atomic E-state index is 7.94. The van der Waals surface area contributed by atoms with Gasteiger partial charge >= 0.3 is 0 Å². The van der Waals surface area contributed by atoms with Gasteiger partial charge in [-0.25, -0.2) is 0 Å². The van der Waals surface area contributed by atoms with Crippen molar-refractivity contribution >= 4 is 21.6 Å². The third-order valence-corrected chi connectivity index (χ3v) is 3.25. The number of ether oxygens (including phenoxy) is 1. The van der Waals surface area contributed by atoms with Crippen LogP contribution in [0.25, 0.3) is 0 Å². The molecule has 0 aromatic rings. The highest BCUT2D eigenvalue weighted by atomic mass is 33.1. The van der Waals surface area contributed by atoms with Crippen LogP contribution in [0.3, 0.4) is 0 Å². The number of methoxy groups -OCH3 is 1. The second-order valence-corrected chi connectivity index (χ2v) is 4.64. The predicted octanol–water partition coefficient (Wildman–Crippen LogP) is -0.0897. The minimum absolute atomic E-state index is 0.122. The van der Waals surface area contributed by atoms with Crippen LogP contribution in [0.4, 0.5) is 0 Å². The fourth-order valence-corrected chi connectivity index (χ4v) is 2.02. The number of nitrogens with two attached hydrogens (primary N) is 2. The summed E-state index contributed by atoms with van der Waals surface area (Å²) in [6, 6.07) is 0. The van der Waals surface area contributed by atoms with Crippen molar-refractivity contribution in [1.82, 2.24) is 0 Å². The van der Waals surface area contributed by atoms with Gasteiger partial charge in [0.25, 0.3) is 0 Å². The molecule has 0 amide bonds. The van der Waals surface area contributed by atoms with Crippen molar-refractivity contribution in [3.8, 4) is 0 Å². The summed E-state index contributed by atoms with van der Waals surface area (Å²) in [4.78, 5) is 0. The van der Waals surface area contributed by atoms with Gasteiger partial charge in [0.05, 0.1) is 13.2 Å². The summed E-state index contributed by atoms with van der Waals surface area (Å²) < 4.78 is 4.44. The van der Waals surface area contributed by atoms with E-state index in [4.69, 9.17) is 16.6 Å². The molecule has 82 valence electrons. The summed E-state index contributed by atoms with van der Waals surface area (Å²) in [7, 11) is 5.13. The molecule has 0 aromatic carbocycles. The lowest BCUT2D eigenvalue weighted by Gasteiger charge is -1.93. The molecule has 13 heavy (non-hydrogen) atoms. The zero-order chi connectivity index (χ0) is 10.4. The lowest BCUT2D eigenvalue weighted by atomic mass is 10.8.